The average Bonchev–Trinajstić information content (AvgIpc) is 3.35. The molecule has 204 valence electrons. The minimum atomic E-state index is -4.86. The summed E-state index contributed by atoms with van der Waals surface area (Å²) in [6.45, 7) is 1.01. The maximum atomic E-state index is 13.1. The molecule has 1 fully saturated rings. The van der Waals surface area contributed by atoms with E-state index in [9.17, 15) is 33.0 Å². The number of hydrogen-bond acceptors (Lipinski definition) is 6. The van der Waals surface area contributed by atoms with Gasteiger partial charge in [-0.1, -0.05) is 30.3 Å². The van der Waals surface area contributed by atoms with Gasteiger partial charge in [0.25, 0.3) is 11.5 Å². The molecule has 0 bridgehead atoms. The maximum Gasteiger partial charge on any atom is 0.421 e. The Kier molecular flexibility index (Phi) is 6.55. The van der Waals surface area contributed by atoms with Crippen LogP contribution in [0.2, 0.25) is 0 Å². The van der Waals surface area contributed by atoms with Gasteiger partial charge in [-0.2, -0.15) is 18.3 Å². The number of amides is 1. The first-order chi connectivity index (χ1) is 18.4. The van der Waals surface area contributed by atoms with E-state index in [1.54, 1.807) is 4.68 Å². The molecule has 2 aromatic heterocycles. The summed E-state index contributed by atoms with van der Waals surface area (Å²) in [5.74, 6) is -0.399. The van der Waals surface area contributed by atoms with Gasteiger partial charge in [0, 0.05) is 18.7 Å². The fourth-order valence-electron chi connectivity index (χ4n) is 4.70. The molecule has 3 heterocycles. The van der Waals surface area contributed by atoms with Crippen molar-refractivity contribution in [1.29, 1.82) is 0 Å². The van der Waals surface area contributed by atoms with E-state index in [1.165, 1.54) is 34.1 Å². The third kappa shape index (κ3) is 4.92. The van der Waals surface area contributed by atoms with Gasteiger partial charge in [0.1, 0.15) is 11.7 Å². The highest BCUT2D eigenvalue weighted by Gasteiger charge is 2.51. The zero-order valence-corrected chi connectivity index (χ0v) is 21.0. The van der Waals surface area contributed by atoms with Crippen molar-refractivity contribution >= 4 is 16.9 Å². The van der Waals surface area contributed by atoms with E-state index >= 15 is 0 Å². The van der Waals surface area contributed by atoms with Gasteiger partial charge < -0.3 is 15.1 Å². The first kappa shape index (κ1) is 26.6. The predicted octanol–water partition coefficient (Wildman–Crippen LogP) is 3.02. The molecule has 9 nitrogen and oxygen atoms in total. The predicted molar refractivity (Wildman–Crippen MR) is 135 cm³/mol. The van der Waals surface area contributed by atoms with Gasteiger partial charge in [0.05, 0.1) is 24.0 Å². The van der Waals surface area contributed by atoms with Crippen molar-refractivity contribution in [1.82, 2.24) is 24.2 Å². The second-order valence-corrected chi connectivity index (χ2v) is 9.97. The van der Waals surface area contributed by atoms with Gasteiger partial charge in [-0.3, -0.25) is 14.2 Å². The Morgan fingerprint density at radius 2 is 1.69 bits per heavy atom. The molecule has 0 aliphatic carbocycles. The summed E-state index contributed by atoms with van der Waals surface area (Å²) in [5, 5.41) is 25.6. The molecule has 1 saturated heterocycles. The second-order valence-electron chi connectivity index (χ2n) is 9.97. The number of rotatable bonds is 5. The monoisotopic (exact) mass is 541 g/mol. The van der Waals surface area contributed by atoms with Crippen LogP contribution in [0, 0.1) is 0 Å². The van der Waals surface area contributed by atoms with Gasteiger partial charge in [-0.15, -0.1) is 0 Å². The van der Waals surface area contributed by atoms with Crippen LogP contribution in [0.1, 0.15) is 35.7 Å². The number of carbonyl (C=O) groups is 1. The number of halogens is 3. The van der Waals surface area contributed by atoms with E-state index in [0.29, 0.717) is 18.0 Å². The summed E-state index contributed by atoms with van der Waals surface area (Å²) in [7, 11) is 0. The third-order valence-corrected chi connectivity index (χ3v) is 7.25. The Bertz CT molecular complexity index is 1550. The van der Waals surface area contributed by atoms with Crippen LogP contribution in [0.15, 0.2) is 71.9 Å². The van der Waals surface area contributed by atoms with E-state index in [1.807, 2.05) is 30.3 Å². The summed E-state index contributed by atoms with van der Waals surface area (Å²) in [4.78, 5) is 31.9. The van der Waals surface area contributed by atoms with Crippen LogP contribution in [0.3, 0.4) is 0 Å². The Morgan fingerprint density at radius 3 is 2.31 bits per heavy atom. The highest BCUT2D eigenvalue weighted by molar-refractivity contribution is 5.94. The van der Waals surface area contributed by atoms with Crippen molar-refractivity contribution in [3.05, 3.63) is 88.6 Å². The molecule has 1 unspecified atom stereocenters. The van der Waals surface area contributed by atoms with Crippen LogP contribution in [0.25, 0.3) is 16.7 Å². The number of alkyl halides is 3. The van der Waals surface area contributed by atoms with Gasteiger partial charge in [-0.25, -0.2) is 9.67 Å². The SMILES string of the molecule is CC(O)(c1ccc(C(=O)N2CCC(O)(Cn3cnc4c(cnn4-c4ccccc4)c3=O)CC2)cc1)C(F)(F)F. The number of hydrogen-bond donors (Lipinski definition) is 2. The van der Waals surface area contributed by atoms with E-state index in [4.69, 9.17) is 0 Å². The number of fused-ring (bicyclic) bond motifs is 1. The van der Waals surface area contributed by atoms with E-state index < -0.39 is 23.3 Å². The van der Waals surface area contributed by atoms with Crippen molar-refractivity contribution in [3.63, 3.8) is 0 Å². The molecular formula is C27H26F3N5O4. The van der Waals surface area contributed by atoms with E-state index in [-0.39, 0.29) is 49.2 Å². The smallest absolute Gasteiger partial charge is 0.388 e. The molecule has 2 N–H and O–H groups in total. The summed E-state index contributed by atoms with van der Waals surface area (Å²) < 4.78 is 42.2. The first-order valence-electron chi connectivity index (χ1n) is 12.3. The Hall–Kier alpha value is -4.03. The lowest BCUT2D eigenvalue weighted by molar-refractivity contribution is -0.258. The van der Waals surface area contributed by atoms with Crippen molar-refractivity contribution in [2.45, 2.75) is 43.7 Å². The van der Waals surface area contributed by atoms with E-state index in [0.717, 1.165) is 17.8 Å². The van der Waals surface area contributed by atoms with Crippen LogP contribution in [0.4, 0.5) is 13.2 Å². The Labute approximate surface area is 220 Å². The summed E-state index contributed by atoms with van der Waals surface area (Å²) >= 11 is 0. The molecule has 1 aliphatic rings. The highest BCUT2D eigenvalue weighted by atomic mass is 19.4. The molecule has 4 aromatic rings. The zero-order chi connectivity index (χ0) is 28.0. The van der Waals surface area contributed by atoms with Crippen LogP contribution < -0.4 is 5.56 Å². The van der Waals surface area contributed by atoms with Crippen LogP contribution in [-0.4, -0.2) is 65.2 Å². The molecular weight excluding hydrogens is 515 g/mol. The number of aromatic nitrogens is 4. The molecule has 1 amide bonds. The largest absolute Gasteiger partial charge is 0.421 e. The van der Waals surface area contributed by atoms with Gasteiger partial charge in [0.2, 0.25) is 0 Å². The second kappa shape index (κ2) is 9.62. The quantitative estimate of drug-likeness (QED) is 0.402. The van der Waals surface area contributed by atoms with Crippen LogP contribution >= 0.6 is 0 Å². The maximum absolute atomic E-state index is 13.1. The Morgan fingerprint density at radius 1 is 1.05 bits per heavy atom. The number of para-hydroxylation sites is 1. The van der Waals surface area contributed by atoms with Crippen LogP contribution in [0.5, 0.6) is 0 Å². The highest BCUT2D eigenvalue weighted by Crippen LogP contribution is 2.38. The molecule has 12 heteroatoms. The number of piperidine rings is 1. The van der Waals surface area contributed by atoms with Crippen molar-refractivity contribution in [2.24, 2.45) is 0 Å². The molecule has 5 rings (SSSR count). The normalized spacial score (nSPS) is 17.2. The standard InChI is InChI=1S/C27H26F3N5O4/c1-25(38,27(28,29)30)19-9-7-18(8-10-19)23(36)33-13-11-26(39,12-14-33)16-34-17-31-22-21(24(34)37)15-32-35(22)20-5-3-2-4-6-20/h2-10,15,17,38-39H,11-14,16H2,1H3. The Balaban J connectivity index is 1.26. The molecule has 0 radical (unpaired) electrons. The minimum Gasteiger partial charge on any atom is -0.388 e. The molecule has 1 aliphatic heterocycles. The summed E-state index contributed by atoms with van der Waals surface area (Å²) in [6, 6.07) is 13.9. The summed E-state index contributed by atoms with van der Waals surface area (Å²) in [6.07, 6.45) is -1.67. The fraction of sp³-hybridized carbons (Fsp3) is 0.333. The van der Waals surface area contributed by atoms with Gasteiger partial charge in [0.15, 0.2) is 11.2 Å². The number of carbonyl (C=O) groups excluding carboxylic acids is 1. The van der Waals surface area contributed by atoms with Gasteiger partial charge >= 0.3 is 6.18 Å². The number of aliphatic hydroxyl groups is 2. The lowest BCUT2D eigenvalue weighted by atomic mass is 9.90. The van der Waals surface area contributed by atoms with Crippen molar-refractivity contribution in [3.8, 4) is 5.69 Å². The average molecular weight is 542 g/mol. The summed E-state index contributed by atoms with van der Waals surface area (Å²) in [5.41, 5.74) is -3.68. The molecule has 0 spiro atoms. The fourth-order valence-corrected chi connectivity index (χ4v) is 4.70. The van der Waals surface area contributed by atoms with Crippen molar-refractivity contribution < 1.29 is 28.2 Å². The topological polar surface area (TPSA) is 113 Å². The number of likely N-dealkylation sites (tertiary alicyclic amines) is 1. The molecule has 2 aromatic carbocycles. The minimum absolute atomic E-state index is 0.0193. The van der Waals surface area contributed by atoms with Gasteiger partial charge in [-0.05, 0) is 49.6 Å². The molecule has 1 atom stereocenters. The number of nitrogens with zero attached hydrogens (tertiary/aromatic N) is 5. The molecule has 0 saturated carbocycles. The lowest BCUT2D eigenvalue weighted by Gasteiger charge is -2.38. The first-order valence-corrected chi connectivity index (χ1v) is 12.3. The molecule has 39 heavy (non-hydrogen) atoms. The third-order valence-electron chi connectivity index (χ3n) is 7.25. The number of benzene rings is 2. The van der Waals surface area contributed by atoms with Crippen molar-refractivity contribution in [2.75, 3.05) is 13.1 Å². The van der Waals surface area contributed by atoms with E-state index in [2.05, 4.69) is 10.1 Å². The van der Waals surface area contributed by atoms with Crippen LogP contribution in [-0.2, 0) is 12.1 Å². The lowest BCUT2D eigenvalue weighted by Crippen LogP contribution is -2.49. The zero-order valence-electron chi connectivity index (χ0n) is 21.0.